The molecule has 0 saturated heterocycles. The molecule has 244 valence electrons. The summed E-state index contributed by atoms with van der Waals surface area (Å²) in [6, 6.07) is 16.8. The monoisotopic (exact) mass is 637 g/mol. The van der Waals surface area contributed by atoms with Gasteiger partial charge in [-0.2, -0.15) is 13.2 Å². The van der Waals surface area contributed by atoms with E-state index in [9.17, 15) is 14.5 Å². The van der Waals surface area contributed by atoms with Crippen molar-refractivity contribution >= 4 is 40.2 Å². The Balaban J connectivity index is 1.69. The van der Waals surface area contributed by atoms with Gasteiger partial charge in [0.05, 0.1) is 8.30 Å². The van der Waals surface area contributed by atoms with Crippen molar-refractivity contribution in [2.45, 2.75) is 110 Å². The second-order valence-electron chi connectivity index (χ2n) is 17.1. The maximum absolute atomic E-state index is 15.0. The van der Waals surface area contributed by atoms with Crippen LogP contribution in [-0.4, -0.2) is 6.71 Å². The number of hydrogen-bond acceptors (Lipinski definition) is 2. The standard InChI is InChI=1S/C41H45BF3NO/c1-37(2,3)24-17-25(38(4,5)6)19-27(18-24)46-32-23-29-28(39(7,8)15-16-40(29,9)10)22-31(32)42-30-13-11-12-14-34(30)47-35-21-26(41(43,44)45)20-33(46)36(35)42/h11-14,17-23H,15-16H2,1-10H3/i20D,21D. The minimum absolute atomic E-state index is 0.120. The number of halogens is 3. The molecule has 2 aliphatic heterocycles. The third-order valence-electron chi connectivity index (χ3n) is 10.7. The lowest BCUT2D eigenvalue weighted by Gasteiger charge is -2.46. The minimum Gasteiger partial charge on any atom is -0.458 e. The predicted molar refractivity (Wildman–Crippen MR) is 190 cm³/mol. The lowest BCUT2D eigenvalue weighted by molar-refractivity contribution is -0.137. The molecule has 0 saturated carbocycles. The molecule has 6 heteroatoms. The molecule has 4 aromatic carbocycles. The predicted octanol–water partition coefficient (Wildman–Crippen LogP) is 10.1. The van der Waals surface area contributed by atoms with Crippen molar-refractivity contribution < 1.29 is 20.6 Å². The van der Waals surface area contributed by atoms with Gasteiger partial charge in [0.25, 0.3) is 6.71 Å². The smallest absolute Gasteiger partial charge is 0.416 e. The fourth-order valence-corrected chi connectivity index (χ4v) is 7.61. The van der Waals surface area contributed by atoms with Gasteiger partial charge in [0, 0.05) is 17.1 Å². The van der Waals surface area contributed by atoms with Crippen LogP contribution in [0, 0.1) is 0 Å². The van der Waals surface area contributed by atoms with Crippen molar-refractivity contribution in [2.75, 3.05) is 4.90 Å². The zero-order chi connectivity index (χ0) is 35.8. The van der Waals surface area contributed by atoms with Gasteiger partial charge in [0.2, 0.25) is 0 Å². The van der Waals surface area contributed by atoms with E-state index in [2.05, 4.69) is 99.6 Å². The Morgan fingerprint density at radius 2 is 1.28 bits per heavy atom. The highest BCUT2D eigenvalue weighted by Gasteiger charge is 2.47. The van der Waals surface area contributed by atoms with Gasteiger partial charge in [-0.05, 0) is 109 Å². The molecule has 0 radical (unpaired) electrons. The maximum Gasteiger partial charge on any atom is 0.416 e. The summed E-state index contributed by atoms with van der Waals surface area (Å²) in [6.45, 7) is 21.3. The Hall–Kier alpha value is -3.67. The Bertz CT molecular complexity index is 2020. The number of benzene rings is 4. The van der Waals surface area contributed by atoms with Crippen LogP contribution < -0.4 is 26.0 Å². The highest BCUT2D eigenvalue weighted by Crippen LogP contribution is 2.50. The van der Waals surface area contributed by atoms with Gasteiger partial charge in [-0.3, -0.25) is 0 Å². The first kappa shape index (κ1) is 29.5. The molecule has 1 aliphatic carbocycles. The molecule has 47 heavy (non-hydrogen) atoms. The van der Waals surface area contributed by atoms with Crippen LogP contribution >= 0.6 is 0 Å². The summed E-state index contributed by atoms with van der Waals surface area (Å²) in [4.78, 5) is 1.89. The van der Waals surface area contributed by atoms with Crippen LogP contribution in [0.25, 0.3) is 0 Å². The second kappa shape index (κ2) is 9.93. The topological polar surface area (TPSA) is 12.5 Å². The molecule has 0 unspecified atom stereocenters. The average Bonchev–Trinajstić information content (AvgIpc) is 2.99. The molecule has 0 fully saturated rings. The van der Waals surface area contributed by atoms with E-state index in [-0.39, 0.29) is 33.1 Å². The zero-order valence-electron chi connectivity index (χ0n) is 31.2. The van der Waals surface area contributed by atoms with E-state index in [1.54, 1.807) is 12.1 Å². The van der Waals surface area contributed by atoms with Gasteiger partial charge in [-0.1, -0.05) is 99.6 Å². The Kier molecular flexibility index (Phi) is 6.23. The summed E-state index contributed by atoms with van der Waals surface area (Å²) in [6.07, 6.45) is -2.95. The molecule has 0 spiro atoms. The van der Waals surface area contributed by atoms with E-state index in [4.69, 9.17) is 6.11 Å². The lowest BCUT2D eigenvalue weighted by Crippen LogP contribution is -2.60. The summed E-state index contributed by atoms with van der Waals surface area (Å²) in [5.74, 6) is 0.310. The first-order valence-corrected chi connectivity index (χ1v) is 16.7. The molecule has 0 N–H and O–H groups in total. The summed E-state index contributed by atoms with van der Waals surface area (Å²) in [5.41, 5.74) is 6.25. The van der Waals surface area contributed by atoms with E-state index < -0.39 is 30.5 Å². The molecule has 2 heterocycles. The number of fused-ring (bicyclic) bond motifs is 5. The number of anilines is 3. The quantitative estimate of drug-likeness (QED) is 0.167. The van der Waals surface area contributed by atoms with E-state index in [0.717, 1.165) is 40.6 Å². The van der Waals surface area contributed by atoms with Gasteiger partial charge in [0.1, 0.15) is 11.5 Å². The molecule has 0 bridgehead atoms. The molecule has 4 aromatic rings. The van der Waals surface area contributed by atoms with E-state index in [1.165, 1.54) is 11.1 Å². The van der Waals surface area contributed by atoms with E-state index in [1.807, 2.05) is 17.0 Å². The first-order chi connectivity index (χ1) is 22.5. The molecule has 0 amide bonds. The van der Waals surface area contributed by atoms with Crippen molar-refractivity contribution in [3.63, 3.8) is 0 Å². The fourth-order valence-electron chi connectivity index (χ4n) is 7.61. The highest BCUT2D eigenvalue weighted by molar-refractivity contribution is 6.99. The van der Waals surface area contributed by atoms with Gasteiger partial charge < -0.3 is 9.64 Å². The number of ether oxygens (including phenoxy) is 1. The number of alkyl halides is 3. The lowest BCUT2D eigenvalue weighted by atomic mass is 9.33. The summed E-state index contributed by atoms with van der Waals surface area (Å²) in [7, 11) is 0. The maximum atomic E-state index is 15.0. The highest BCUT2D eigenvalue weighted by atomic mass is 19.4. The number of hydrogen-bond donors (Lipinski definition) is 0. The van der Waals surface area contributed by atoms with Gasteiger partial charge in [-0.15, -0.1) is 0 Å². The Morgan fingerprint density at radius 3 is 1.85 bits per heavy atom. The normalized spacial score (nSPS) is 18.3. The zero-order valence-corrected chi connectivity index (χ0v) is 29.2. The van der Waals surface area contributed by atoms with E-state index >= 15 is 0 Å². The van der Waals surface area contributed by atoms with Crippen LogP contribution in [0.1, 0.15) is 113 Å². The van der Waals surface area contributed by atoms with Crippen molar-refractivity contribution in [3.8, 4) is 11.5 Å². The van der Waals surface area contributed by atoms with Crippen LogP contribution in [0.2, 0.25) is 0 Å². The molecule has 2 nitrogen and oxygen atoms in total. The van der Waals surface area contributed by atoms with Crippen LogP contribution in [0.5, 0.6) is 11.5 Å². The minimum atomic E-state index is -4.94. The van der Waals surface area contributed by atoms with Crippen LogP contribution in [0.3, 0.4) is 0 Å². The van der Waals surface area contributed by atoms with Gasteiger partial charge >= 0.3 is 6.18 Å². The van der Waals surface area contributed by atoms with Crippen molar-refractivity contribution in [1.29, 1.82) is 0 Å². The molecule has 0 atom stereocenters. The molecule has 7 rings (SSSR count). The third-order valence-corrected chi connectivity index (χ3v) is 10.7. The van der Waals surface area contributed by atoms with Gasteiger partial charge in [-0.25, -0.2) is 0 Å². The van der Waals surface area contributed by atoms with Crippen molar-refractivity contribution in [3.05, 3.63) is 94.5 Å². The third kappa shape index (κ3) is 5.09. The Morgan fingerprint density at radius 1 is 0.702 bits per heavy atom. The molecule has 0 aromatic heterocycles. The van der Waals surface area contributed by atoms with Crippen molar-refractivity contribution in [2.24, 2.45) is 0 Å². The van der Waals surface area contributed by atoms with Crippen LogP contribution in [0.15, 0.2) is 66.7 Å². The summed E-state index contributed by atoms with van der Waals surface area (Å²) in [5, 5.41) is 0. The first-order valence-electron chi connectivity index (χ1n) is 17.7. The summed E-state index contributed by atoms with van der Waals surface area (Å²) < 4.78 is 69.5. The SMILES string of the molecule is [2H]c1c2c3c(c([2H])c1C(F)(F)F)N(c1cc(C(C)(C)C)cc(C(C)(C)C)c1)c1cc4c(cc1B3c1ccccc1O2)C(C)(C)CCC4(C)C. The van der Waals surface area contributed by atoms with Crippen LogP contribution in [0.4, 0.5) is 30.2 Å². The summed E-state index contributed by atoms with van der Waals surface area (Å²) >= 11 is 0. The molecular weight excluding hydrogens is 590 g/mol. The van der Waals surface area contributed by atoms with Gasteiger partial charge in [0.15, 0.2) is 0 Å². The largest absolute Gasteiger partial charge is 0.458 e. The molecule has 3 aliphatic rings. The van der Waals surface area contributed by atoms with Crippen LogP contribution in [-0.2, 0) is 27.8 Å². The fraction of sp³-hybridized carbons (Fsp3) is 0.415. The molecular formula is C41H45BF3NO. The number of nitrogens with zero attached hydrogens (tertiary/aromatic N) is 1. The van der Waals surface area contributed by atoms with Crippen molar-refractivity contribution in [1.82, 2.24) is 0 Å². The van der Waals surface area contributed by atoms with E-state index in [0.29, 0.717) is 16.9 Å². The second-order valence-corrected chi connectivity index (χ2v) is 17.1. The number of rotatable bonds is 1. The number of para-hydroxylation sites is 1. The average molecular weight is 638 g/mol. The Labute approximate surface area is 281 Å².